The van der Waals surface area contributed by atoms with Crippen LogP contribution in [0.5, 0.6) is 0 Å². The van der Waals surface area contributed by atoms with Gasteiger partial charge in [0.05, 0.1) is 6.10 Å². The number of hydrogen-bond donors (Lipinski definition) is 1. The molecule has 1 rings (SSSR count). The lowest BCUT2D eigenvalue weighted by Gasteiger charge is -2.27. The third-order valence-electron chi connectivity index (χ3n) is 2.45. The molecule has 0 radical (unpaired) electrons. The number of rotatable bonds is 1. The molecule has 1 N–H and O–H groups in total. The molecule has 0 aliphatic carbocycles. The van der Waals surface area contributed by atoms with Crippen molar-refractivity contribution in [2.24, 2.45) is 0 Å². The molecule has 1 atom stereocenters. The quantitative estimate of drug-likeness (QED) is 0.623. The first-order valence-corrected chi connectivity index (χ1v) is 4.19. The van der Waals surface area contributed by atoms with Crippen molar-refractivity contribution in [1.82, 2.24) is 5.32 Å². The largest absolute Gasteiger partial charge is 0.379 e. The van der Waals surface area contributed by atoms with Crippen LogP contribution >= 0.6 is 0 Å². The van der Waals surface area contributed by atoms with Crippen LogP contribution < -0.4 is 5.32 Å². The topological polar surface area (TPSA) is 21.3 Å². The molecule has 1 aliphatic rings. The molecule has 0 saturated carbocycles. The van der Waals surface area contributed by atoms with E-state index in [4.69, 9.17) is 4.74 Å². The minimum atomic E-state index is 0.123. The van der Waals surface area contributed by atoms with E-state index in [-0.39, 0.29) is 11.1 Å². The van der Waals surface area contributed by atoms with Crippen molar-refractivity contribution in [3.05, 3.63) is 0 Å². The zero-order chi connectivity index (χ0) is 8.70. The smallest absolute Gasteiger partial charge is 0.0764 e. The molecular weight excluding hydrogens is 138 g/mol. The van der Waals surface area contributed by atoms with Crippen LogP contribution in [0.1, 0.15) is 34.1 Å². The van der Waals surface area contributed by atoms with E-state index in [1.165, 1.54) is 0 Å². The van der Waals surface area contributed by atoms with Gasteiger partial charge in [0.2, 0.25) is 0 Å². The minimum Gasteiger partial charge on any atom is -0.379 e. The highest BCUT2D eigenvalue weighted by Crippen LogP contribution is 2.31. The van der Waals surface area contributed by atoms with Crippen molar-refractivity contribution in [3.8, 4) is 0 Å². The zero-order valence-corrected chi connectivity index (χ0v) is 8.19. The second-order valence-corrected chi connectivity index (χ2v) is 4.66. The van der Waals surface area contributed by atoms with E-state index in [9.17, 15) is 0 Å². The summed E-state index contributed by atoms with van der Waals surface area (Å²) >= 11 is 0. The Balaban J connectivity index is 2.71. The molecule has 0 bridgehead atoms. The van der Waals surface area contributed by atoms with Gasteiger partial charge in [0, 0.05) is 18.2 Å². The first-order valence-electron chi connectivity index (χ1n) is 4.19. The van der Waals surface area contributed by atoms with E-state index in [1.807, 2.05) is 0 Å². The molecule has 66 valence electrons. The van der Waals surface area contributed by atoms with Crippen LogP contribution in [0.3, 0.4) is 0 Å². The molecule has 0 aromatic rings. The number of hydrogen-bond acceptors (Lipinski definition) is 2. The molecule has 1 fully saturated rings. The Bertz CT molecular complexity index is 152. The van der Waals surface area contributed by atoms with Crippen LogP contribution in [0, 0.1) is 0 Å². The summed E-state index contributed by atoms with van der Waals surface area (Å²) in [6.45, 7) is 8.81. The van der Waals surface area contributed by atoms with Crippen LogP contribution in [0.2, 0.25) is 0 Å². The molecule has 1 saturated heterocycles. The third-order valence-corrected chi connectivity index (χ3v) is 2.45. The Morgan fingerprint density at radius 1 is 1.27 bits per heavy atom. The van der Waals surface area contributed by atoms with E-state index in [2.05, 4.69) is 33.0 Å². The van der Waals surface area contributed by atoms with Crippen molar-refractivity contribution < 1.29 is 4.74 Å². The summed E-state index contributed by atoms with van der Waals surface area (Å²) in [5.74, 6) is 0. The Morgan fingerprint density at radius 2 is 1.82 bits per heavy atom. The maximum Gasteiger partial charge on any atom is 0.0764 e. The predicted octanol–water partition coefficient (Wildman–Crippen LogP) is 1.55. The van der Waals surface area contributed by atoms with E-state index >= 15 is 0 Å². The van der Waals surface area contributed by atoms with Gasteiger partial charge < -0.3 is 10.1 Å². The summed E-state index contributed by atoms with van der Waals surface area (Å²) in [5, 5.41) is 3.55. The van der Waals surface area contributed by atoms with Crippen LogP contribution in [0.15, 0.2) is 0 Å². The Labute approximate surface area is 69.3 Å². The highest BCUT2D eigenvalue weighted by Gasteiger charge is 2.44. The van der Waals surface area contributed by atoms with Gasteiger partial charge in [-0.3, -0.25) is 0 Å². The highest BCUT2D eigenvalue weighted by molar-refractivity contribution is 5.03. The monoisotopic (exact) mass is 157 g/mol. The molecule has 1 heterocycles. The van der Waals surface area contributed by atoms with E-state index in [0.29, 0.717) is 6.10 Å². The zero-order valence-electron chi connectivity index (χ0n) is 8.19. The second kappa shape index (κ2) is 2.46. The average molecular weight is 157 g/mol. The second-order valence-electron chi connectivity index (χ2n) is 4.66. The first kappa shape index (κ1) is 9.01. The van der Waals surface area contributed by atoms with Gasteiger partial charge in [0.25, 0.3) is 0 Å². The van der Waals surface area contributed by atoms with Crippen molar-refractivity contribution in [3.63, 3.8) is 0 Å². The number of methoxy groups -OCH3 is 1. The lowest BCUT2D eigenvalue weighted by atomic mass is 9.97. The van der Waals surface area contributed by atoms with Gasteiger partial charge in [0.1, 0.15) is 0 Å². The lowest BCUT2D eigenvalue weighted by molar-refractivity contribution is 0.0611. The average Bonchev–Trinajstić information content (AvgIpc) is 1.99. The normalized spacial score (nSPS) is 34.1. The SMILES string of the molecule is COC1CC(C)(C)NC1(C)C. The molecule has 11 heavy (non-hydrogen) atoms. The maximum atomic E-state index is 5.40. The summed E-state index contributed by atoms with van der Waals surface area (Å²) in [4.78, 5) is 0. The van der Waals surface area contributed by atoms with Gasteiger partial charge in [-0.05, 0) is 34.1 Å². The molecule has 0 aromatic carbocycles. The van der Waals surface area contributed by atoms with Crippen LogP contribution in [-0.2, 0) is 4.74 Å². The molecule has 2 nitrogen and oxygen atoms in total. The van der Waals surface area contributed by atoms with Crippen molar-refractivity contribution in [2.45, 2.75) is 51.3 Å². The Hall–Kier alpha value is -0.0800. The fraction of sp³-hybridized carbons (Fsp3) is 1.00. The van der Waals surface area contributed by atoms with Crippen LogP contribution in [-0.4, -0.2) is 24.3 Å². The molecular formula is C9H19NO. The Kier molecular flexibility index (Phi) is 2.01. The molecule has 0 spiro atoms. The van der Waals surface area contributed by atoms with Crippen molar-refractivity contribution >= 4 is 0 Å². The van der Waals surface area contributed by atoms with E-state index in [1.54, 1.807) is 7.11 Å². The van der Waals surface area contributed by atoms with Gasteiger partial charge in [-0.2, -0.15) is 0 Å². The van der Waals surface area contributed by atoms with Gasteiger partial charge in [-0.15, -0.1) is 0 Å². The Morgan fingerprint density at radius 3 is 2.00 bits per heavy atom. The molecule has 1 unspecified atom stereocenters. The van der Waals surface area contributed by atoms with Crippen molar-refractivity contribution in [2.75, 3.05) is 7.11 Å². The summed E-state index contributed by atoms with van der Waals surface area (Å²) in [5.41, 5.74) is 0.350. The minimum absolute atomic E-state index is 0.123. The highest BCUT2D eigenvalue weighted by atomic mass is 16.5. The van der Waals surface area contributed by atoms with Crippen molar-refractivity contribution in [1.29, 1.82) is 0 Å². The molecule has 2 heteroatoms. The molecule has 0 amide bonds. The first-order chi connectivity index (χ1) is 4.87. The van der Waals surface area contributed by atoms with Gasteiger partial charge >= 0.3 is 0 Å². The summed E-state index contributed by atoms with van der Waals surface area (Å²) in [6, 6.07) is 0. The lowest BCUT2D eigenvalue weighted by Crippen LogP contribution is -2.46. The van der Waals surface area contributed by atoms with Crippen LogP contribution in [0.25, 0.3) is 0 Å². The van der Waals surface area contributed by atoms with Crippen LogP contribution in [0.4, 0.5) is 0 Å². The van der Waals surface area contributed by atoms with Gasteiger partial charge in [-0.1, -0.05) is 0 Å². The number of nitrogens with one attached hydrogen (secondary N) is 1. The summed E-state index contributed by atoms with van der Waals surface area (Å²) in [7, 11) is 1.79. The third kappa shape index (κ3) is 1.74. The van der Waals surface area contributed by atoms with E-state index in [0.717, 1.165) is 6.42 Å². The van der Waals surface area contributed by atoms with Gasteiger partial charge in [-0.25, -0.2) is 0 Å². The van der Waals surface area contributed by atoms with Gasteiger partial charge in [0.15, 0.2) is 0 Å². The maximum absolute atomic E-state index is 5.40. The molecule has 0 aromatic heterocycles. The van der Waals surface area contributed by atoms with E-state index < -0.39 is 0 Å². The summed E-state index contributed by atoms with van der Waals surface area (Å²) in [6.07, 6.45) is 1.44. The summed E-state index contributed by atoms with van der Waals surface area (Å²) < 4.78 is 5.40. The fourth-order valence-electron chi connectivity index (χ4n) is 2.10. The number of ether oxygens (including phenoxy) is 1. The fourth-order valence-corrected chi connectivity index (χ4v) is 2.10. The predicted molar refractivity (Wildman–Crippen MR) is 46.7 cm³/mol. The standard InChI is InChI=1S/C9H19NO/c1-8(2)6-7(11-5)9(3,4)10-8/h7,10H,6H2,1-5H3. The molecule has 1 aliphatic heterocycles.